The number of carbonyl (C=O) groups is 1. The van der Waals surface area contributed by atoms with Crippen LogP contribution in [0.5, 0.6) is 0 Å². The molecular weight excluding hydrogens is 328 g/mol. The lowest BCUT2D eigenvalue weighted by Gasteiger charge is -2.27. The van der Waals surface area contributed by atoms with Crippen molar-refractivity contribution >= 4 is 17.4 Å². The van der Waals surface area contributed by atoms with E-state index in [2.05, 4.69) is 10.3 Å². The van der Waals surface area contributed by atoms with Crippen LogP contribution in [0.25, 0.3) is 0 Å². The van der Waals surface area contributed by atoms with Crippen molar-refractivity contribution in [3.8, 4) is 0 Å². The van der Waals surface area contributed by atoms with Crippen molar-refractivity contribution in [2.24, 2.45) is 0 Å². The van der Waals surface area contributed by atoms with Crippen molar-refractivity contribution in [3.63, 3.8) is 0 Å². The Morgan fingerprint density at radius 3 is 2.96 bits per heavy atom. The molecule has 0 radical (unpaired) electrons. The second-order valence-electron chi connectivity index (χ2n) is 6.11. The summed E-state index contributed by atoms with van der Waals surface area (Å²) in [5.74, 6) is 0. The zero-order valence-electron chi connectivity index (χ0n) is 13.7. The van der Waals surface area contributed by atoms with Gasteiger partial charge in [-0.05, 0) is 37.3 Å². The van der Waals surface area contributed by atoms with Crippen LogP contribution in [-0.2, 0) is 19.5 Å². The molecule has 2 aromatic heterocycles. The molecule has 0 fully saturated rings. The quantitative estimate of drug-likeness (QED) is 0.880. The first-order valence-corrected chi connectivity index (χ1v) is 8.76. The molecule has 2 aromatic rings. The summed E-state index contributed by atoms with van der Waals surface area (Å²) in [7, 11) is 0. The number of nitrogens with one attached hydrogen (secondary N) is 2. The van der Waals surface area contributed by atoms with Crippen LogP contribution in [0.1, 0.15) is 35.9 Å². The van der Waals surface area contributed by atoms with Gasteiger partial charge in [0.05, 0.1) is 12.1 Å². The molecule has 0 atom stereocenters. The fourth-order valence-corrected chi connectivity index (χ4v) is 3.63. The van der Waals surface area contributed by atoms with Gasteiger partial charge in [0.25, 0.3) is 5.56 Å². The number of aromatic nitrogens is 2. The number of aromatic amines is 1. The Hall–Kier alpha value is -2.35. The molecule has 3 heterocycles. The Bertz CT molecular complexity index is 865. The average molecular weight is 348 g/mol. The summed E-state index contributed by atoms with van der Waals surface area (Å²) in [6.07, 6.45) is 2.37. The smallest absolute Gasteiger partial charge is 0.328 e. The van der Waals surface area contributed by atoms with E-state index in [0.29, 0.717) is 18.7 Å². The third kappa shape index (κ3) is 3.28. The average Bonchev–Trinajstić information content (AvgIpc) is 3.00. The summed E-state index contributed by atoms with van der Waals surface area (Å²) in [5.41, 5.74) is 0.652. The van der Waals surface area contributed by atoms with E-state index in [1.165, 1.54) is 21.2 Å². The lowest BCUT2D eigenvalue weighted by molar-refractivity contribution is 0.192. The van der Waals surface area contributed by atoms with Gasteiger partial charge in [-0.15, -0.1) is 11.3 Å². The molecule has 0 spiro atoms. The summed E-state index contributed by atoms with van der Waals surface area (Å²) in [5, 5.41) is 4.82. The highest BCUT2D eigenvalue weighted by Gasteiger charge is 2.21. The van der Waals surface area contributed by atoms with Crippen LogP contribution in [0.2, 0.25) is 0 Å². The van der Waals surface area contributed by atoms with Crippen LogP contribution in [0, 0.1) is 0 Å². The molecule has 24 heavy (non-hydrogen) atoms. The Morgan fingerprint density at radius 1 is 1.42 bits per heavy atom. The normalized spacial score (nSPS) is 13.9. The number of carbonyl (C=O) groups excluding carboxylic acids is 1. The van der Waals surface area contributed by atoms with Gasteiger partial charge in [0, 0.05) is 30.2 Å². The van der Waals surface area contributed by atoms with E-state index in [0.717, 1.165) is 6.42 Å². The molecular formula is C16H20N4O3S. The molecule has 0 unspecified atom stereocenters. The molecule has 3 rings (SSSR count). The number of thiophene rings is 1. The van der Waals surface area contributed by atoms with E-state index >= 15 is 0 Å². The van der Waals surface area contributed by atoms with E-state index < -0.39 is 11.2 Å². The van der Waals surface area contributed by atoms with E-state index in [9.17, 15) is 14.4 Å². The Labute approximate surface area is 142 Å². The van der Waals surface area contributed by atoms with Crippen molar-refractivity contribution in [2.75, 3.05) is 6.54 Å². The maximum Gasteiger partial charge on any atom is 0.328 e. The van der Waals surface area contributed by atoms with Crippen LogP contribution in [0.4, 0.5) is 4.79 Å². The molecule has 0 bridgehead atoms. The van der Waals surface area contributed by atoms with Crippen LogP contribution in [0.3, 0.4) is 0 Å². The number of H-pyrrole nitrogens is 1. The fraction of sp³-hybridized carbons (Fsp3) is 0.438. The highest BCUT2D eigenvalue weighted by molar-refractivity contribution is 7.10. The Morgan fingerprint density at radius 2 is 2.21 bits per heavy atom. The first-order valence-electron chi connectivity index (χ1n) is 7.88. The van der Waals surface area contributed by atoms with Crippen LogP contribution in [-0.4, -0.2) is 27.0 Å². The predicted octanol–water partition coefficient (Wildman–Crippen LogP) is 1.45. The van der Waals surface area contributed by atoms with Crippen molar-refractivity contribution in [1.82, 2.24) is 19.8 Å². The van der Waals surface area contributed by atoms with Crippen LogP contribution < -0.4 is 16.6 Å². The zero-order valence-corrected chi connectivity index (χ0v) is 14.5. The molecule has 128 valence electrons. The minimum Gasteiger partial charge on any atom is -0.334 e. The number of fused-ring (bicyclic) bond motifs is 1. The van der Waals surface area contributed by atoms with Crippen molar-refractivity contribution < 1.29 is 4.79 Å². The lowest BCUT2D eigenvalue weighted by atomic mass is 10.1. The summed E-state index contributed by atoms with van der Waals surface area (Å²) in [6, 6.07) is 1.78. The molecule has 2 amide bonds. The number of hydrogen-bond acceptors (Lipinski definition) is 4. The number of nitrogens with zero attached hydrogens (tertiary/aromatic N) is 2. The van der Waals surface area contributed by atoms with E-state index in [4.69, 9.17) is 0 Å². The molecule has 0 aromatic carbocycles. The topological polar surface area (TPSA) is 87.2 Å². The van der Waals surface area contributed by atoms with Gasteiger partial charge in [0.15, 0.2) is 0 Å². The number of hydrogen-bond donors (Lipinski definition) is 2. The van der Waals surface area contributed by atoms with Gasteiger partial charge in [-0.2, -0.15) is 0 Å². The molecule has 0 aliphatic carbocycles. The minimum absolute atomic E-state index is 0.0668. The minimum atomic E-state index is -0.462. The molecule has 0 saturated heterocycles. The fourth-order valence-electron chi connectivity index (χ4n) is 2.74. The molecule has 1 aliphatic heterocycles. The van der Waals surface area contributed by atoms with Gasteiger partial charge in [-0.3, -0.25) is 14.3 Å². The van der Waals surface area contributed by atoms with Gasteiger partial charge in [-0.25, -0.2) is 9.59 Å². The summed E-state index contributed by atoms with van der Waals surface area (Å²) in [6.45, 7) is 5.06. The maximum absolute atomic E-state index is 12.3. The monoisotopic (exact) mass is 348 g/mol. The zero-order chi connectivity index (χ0) is 17.3. The standard InChI is InChI=1S/C16H20N4O3S/c1-10(2)20-9-12(14(21)18-16(20)23)7-17-15(22)19-5-3-13-11(8-19)4-6-24-13/h4,6,9-10H,3,5,7-8H2,1-2H3,(H,17,22)(H,18,21,23). The van der Waals surface area contributed by atoms with E-state index in [-0.39, 0.29) is 18.6 Å². The van der Waals surface area contributed by atoms with Crippen LogP contribution in [0.15, 0.2) is 27.2 Å². The first-order chi connectivity index (χ1) is 11.5. The first kappa shape index (κ1) is 16.5. The van der Waals surface area contributed by atoms with Gasteiger partial charge >= 0.3 is 11.7 Å². The van der Waals surface area contributed by atoms with Gasteiger partial charge in [0.1, 0.15) is 0 Å². The summed E-state index contributed by atoms with van der Waals surface area (Å²) < 4.78 is 1.45. The third-order valence-corrected chi connectivity index (χ3v) is 5.15. The predicted molar refractivity (Wildman–Crippen MR) is 92.4 cm³/mol. The third-order valence-electron chi connectivity index (χ3n) is 4.12. The van der Waals surface area contributed by atoms with E-state index in [1.54, 1.807) is 16.2 Å². The van der Waals surface area contributed by atoms with Gasteiger partial charge in [0.2, 0.25) is 0 Å². The number of amides is 2. The second-order valence-corrected chi connectivity index (χ2v) is 7.11. The Balaban J connectivity index is 1.68. The molecule has 2 N–H and O–H groups in total. The Kier molecular flexibility index (Phi) is 4.57. The van der Waals surface area contributed by atoms with E-state index in [1.807, 2.05) is 25.3 Å². The highest BCUT2D eigenvalue weighted by Crippen LogP contribution is 2.23. The number of urea groups is 1. The lowest BCUT2D eigenvalue weighted by Crippen LogP contribution is -2.43. The second kappa shape index (κ2) is 6.64. The van der Waals surface area contributed by atoms with Crippen LogP contribution >= 0.6 is 11.3 Å². The van der Waals surface area contributed by atoms with Crippen molar-refractivity contribution in [2.45, 2.75) is 39.4 Å². The molecule has 0 saturated carbocycles. The highest BCUT2D eigenvalue weighted by atomic mass is 32.1. The van der Waals surface area contributed by atoms with Crippen molar-refractivity contribution in [1.29, 1.82) is 0 Å². The SMILES string of the molecule is CC(C)n1cc(CNC(=O)N2CCc3sccc3C2)c(=O)[nH]c1=O. The largest absolute Gasteiger partial charge is 0.334 e. The number of rotatable bonds is 3. The maximum atomic E-state index is 12.3. The van der Waals surface area contributed by atoms with Crippen molar-refractivity contribution in [3.05, 3.63) is 54.5 Å². The summed E-state index contributed by atoms with van der Waals surface area (Å²) >= 11 is 1.72. The molecule has 1 aliphatic rings. The molecule has 7 nitrogen and oxygen atoms in total. The van der Waals surface area contributed by atoms with Gasteiger partial charge in [-0.1, -0.05) is 0 Å². The summed E-state index contributed by atoms with van der Waals surface area (Å²) in [4.78, 5) is 41.3. The molecule has 8 heteroatoms. The van der Waals surface area contributed by atoms with Gasteiger partial charge < -0.3 is 10.2 Å².